The van der Waals surface area contributed by atoms with E-state index >= 15 is 17.6 Å². The molecule has 8 aromatic rings. The van der Waals surface area contributed by atoms with E-state index in [2.05, 4.69) is 0 Å². The molecule has 0 aromatic heterocycles. The van der Waals surface area contributed by atoms with E-state index in [0.717, 1.165) is 85.6 Å². The Morgan fingerprint density at radius 2 is 0.641 bits per heavy atom. The minimum Gasteiger partial charge on any atom is -0.490 e. The molecular formula is C98H102Cl3F11O24S6. The van der Waals surface area contributed by atoms with Gasteiger partial charge in [-0.05, 0) is 238 Å². The molecule has 24 nitrogen and oxygen atoms in total. The van der Waals surface area contributed by atoms with Gasteiger partial charge in [0.15, 0.2) is 105 Å². The molecule has 0 unspecified atom stereocenters. The summed E-state index contributed by atoms with van der Waals surface area (Å²) in [6, 6.07) is 29.9. The molecule has 8 aliphatic rings. The van der Waals surface area contributed by atoms with Crippen molar-refractivity contribution in [1.82, 2.24) is 0 Å². The van der Waals surface area contributed by atoms with Crippen molar-refractivity contribution >= 4 is 117 Å². The Hall–Kier alpha value is -8.72. The van der Waals surface area contributed by atoms with Crippen LogP contribution in [-0.4, -0.2) is 196 Å². The van der Waals surface area contributed by atoms with Crippen LogP contribution >= 0.6 is 34.8 Å². The smallest absolute Gasteiger partial charge is 0.416 e. The molecule has 0 spiro atoms. The number of sulfone groups is 6. The van der Waals surface area contributed by atoms with Crippen LogP contribution in [0.15, 0.2) is 155 Å². The average molecular weight is 2170 g/mol. The van der Waals surface area contributed by atoms with Gasteiger partial charge in [0.1, 0.15) is 72.1 Å². The highest BCUT2D eigenvalue weighted by Crippen LogP contribution is 2.61. The standard InChI is InChI=1S/C26H29ClF2O5S.C25H27ClF2O5S.C24H23F5O7S2.C23H23ClF2O7S2/c1-16(30)25(2,3)35(31,32)13-10-22-19-15-34-24-21(29)9-8-20(28)23(24)26(19,11-12-33-22)14-17-4-6-18(27)7-5-17;1-16(29)8-12-34(30,31)13-9-22-19-15-33-24-21(28)7-6-20(27)23(24)25(19,10-11-32-22)14-17-2-4-18(26)5-3-17;1-14(30)13-37(31,32)11-8-20-17-12-36-22-19(26)7-6-18(25)21(22)23(17,9-10-35-20)38(33,34)16-4-2-15(3-5-16)24(27,28)29;1-14(27)13-34(28,29)11-8-20-17-12-33-22-19(26)7-6-18(25)21(22)23(17,9-10-32-20)35(30,31)16-4-2-15(24)3-5-16/h4-9,19,22H,10-15H2,1-3H3;2-7,19,22H,8-15H2,1H3;2-7,17,20H,8-13H2,1H3;2-7,17,20H,8-13H2,1H3/t19-,22-,26-;19-,22-,25-;2*17-,20-,23-/m0000/s1. The lowest BCUT2D eigenvalue weighted by molar-refractivity contribution is -0.137. The summed E-state index contributed by atoms with van der Waals surface area (Å²) in [5.41, 5.74) is -1.69. The Balaban J connectivity index is 0.000000159. The number of alkyl halides is 3. The molecule has 16 rings (SSSR count). The molecule has 8 heterocycles. The highest BCUT2D eigenvalue weighted by atomic mass is 35.5. The summed E-state index contributed by atoms with van der Waals surface area (Å²) in [6.07, 6.45) is -7.05. The molecule has 772 valence electrons. The SMILES string of the molecule is CC(=O)C(C)(C)S(=O)(=O)CC[C@@H]1OCC[C@@]2(Cc3ccc(Cl)cc3)c3c(F)ccc(F)c3OC[C@@H]12.CC(=O)CCS(=O)(=O)CC[C@@H]1OCC[C@@]2(Cc3ccc(Cl)cc3)c3c(F)ccc(F)c3OC[C@@H]12.CC(=O)CS(=O)(=O)CC[C@@H]1OCC[C@@]2(S(=O)(=O)c3ccc(C(F)(F)F)cc3)c3c(F)ccc(F)c3OC[C@@H]12.CC(=O)CS(=O)(=O)CC[C@@H]1OCC[C@@]2(S(=O)(=O)c3ccc(Cl)cc3)c3c(F)ccc(F)c3OC[C@@H]12. The second kappa shape index (κ2) is 43.4. The first kappa shape index (κ1) is 110. The Bertz CT molecular complexity index is 6840. The van der Waals surface area contributed by atoms with Crippen molar-refractivity contribution in [2.45, 2.75) is 178 Å². The Morgan fingerprint density at radius 1 is 0.352 bits per heavy atom. The number of ketones is 4. The molecule has 0 saturated carbocycles. The first-order valence-electron chi connectivity index (χ1n) is 45.1. The monoisotopic (exact) mass is 2170 g/mol. The molecule has 0 amide bonds. The van der Waals surface area contributed by atoms with Gasteiger partial charge in [0.2, 0.25) is 0 Å². The van der Waals surface area contributed by atoms with Gasteiger partial charge in [-0.25, -0.2) is 85.6 Å². The van der Waals surface area contributed by atoms with E-state index in [-0.39, 0.29) is 141 Å². The zero-order valence-electron chi connectivity index (χ0n) is 77.4. The summed E-state index contributed by atoms with van der Waals surface area (Å²) in [5.74, 6) is -15.5. The summed E-state index contributed by atoms with van der Waals surface area (Å²) in [6.45, 7) is 7.05. The zero-order chi connectivity index (χ0) is 104. The normalized spacial score (nSPS) is 24.1. The minimum atomic E-state index is -4.74. The molecule has 12 atom stereocenters. The number of halogens is 14. The van der Waals surface area contributed by atoms with E-state index < -0.39 is 265 Å². The van der Waals surface area contributed by atoms with Gasteiger partial charge in [-0.15, -0.1) is 0 Å². The molecule has 0 N–H and O–H groups in total. The van der Waals surface area contributed by atoms with Crippen LogP contribution in [0.2, 0.25) is 15.1 Å². The summed E-state index contributed by atoms with van der Waals surface area (Å²) in [5, 5.41) is 1.43. The number of carbonyl (C=O) groups is 4. The molecule has 4 fully saturated rings. The second-order valence-corrected chi connectivity index (χ2v) is 52.2. The van der Waals surface area contributed by atoms with Gasteiger partial charge in [-0.1, -0.05) is 59.1 Å². The third kappa shape index (κ3) is 22.8. The molecule has 0 aliphatic carbocycles. The predicted molar refractivity (Wildman–Crippen MR) is 503 cm³/mol. The number of rotatable bonds is 29. The van der Waals surface area contributed by atoms with E-state index in [9.17, 15) is 100 Å². The van der Waals surface area contributed by atoms with Crippen molar-refractivity contribution < 1.29 is 156 Å². The fraction of sp³-hybridized carbons (Fsp3) is 0.469. The van der Waals surface area contributed by atoms with Crippen LogP contribution in [-0.2, 0) is 136 Å². The van der Waals surface area contributed by atoms with Crippen LogP contribution in [0.3, 0.4) is 0 Å². The van der Waals surface area contributed by atoms with Gasteiger partial charge in [0.05, 0.1) is 106 Å². The van der Waals surface area contributed by atoms with Crippen LogP contribution in [0.25, 0.3) is 0 Å². The van der Waals surface area contributed by atoms with Crippen molar-refractivity contribution in [2.24, 2.45) is 23.7 Å². The quantitative estimate of drug-likeness (QED) is 0.0393. The molecular weight excluding hydrogens is 2070 g/mol. The van der Waals surface area contributed by atoms with Gasteiger partial charge in [0.25, 0.3) is 0 Å². The van der Waals surface area contributed by atoms with Gasteiger partial charge >= 0.3 is 6.18 Å². The van der Waals surface area contributed by atoms with Crippen LogP contribution in [0.5, 0.6) is 23.0 Å². The highest BCUT2D eigenvalue weighted by molar-refractivity contribution is 7.94. The van der Waals surface area contributed by atoms with E-state index in [1.54, 1.807) is 24.3 Å². The van der Waals surface area contributed by atoms with Gasteiger partial charge in [-0.2, -0.15) is 13.2 Å². The lowest BCUT2D eigenvalue weighted by Crippen LogP contribution is -2.57. The van der Waals surface area contributed by atoms with Crippen molar-refractivity contribution in [3.8, 4) is 23.0 Å². The Kier molecular flexibility index (Phi) is 33.7. The van der Waals surface area contributed by atoms with Crippen molar-refractivity contribution in [2.75, 3.05) is 93.1 Å². The molecule has 0 bridgehead atoms. The number of carbonyl (C=O) groups excluding carboxylic acids is 4. The van der Waals surface area contributed by atoms with E-state index in [4.69, 9.17) is 72.7 Å². The topological polar surface area (TPSA) is 347 Å². The van der Waals surface area contributed by atoms with Crippen molar-refractivity contribution in [3.63, 3.8) is 0 Å². The maximum Gasteiger partial charge on any atom is 0.416 e. The molecule has 4 saturated heterocycles. The third-order valence-corrected chi connectivity index (χ3v) is 41.6. The summed E-state index contributed by atoms with van der Waals surface area (Å²) < 4.78 is 356. The van der Waals surface area contributed by atoms with Crippen molar-refractivity contribution in [3.05, 3.63) is 246 Å². The fourth-order valence-electron chi connectivity index (χ4n) is 20.7. The molecule has 8 aromatic carbocycles. The second-order valence-electron chi connectivity index (χ2n) is 37.2. The first-order valence-corrected chi connectivity index (χ1v) is 56.4. The summed E-state index contributed by atoms with van der Waals surface area (Å²) in [7, 11) is -24.0. The van der Waals surface area contributed by atoms with Gasteiger partial charge in [0, 0.05) is 93.5 Å². The molecule has 0 radical (unpaired) electrons. The van der Waals surface area contributed by atoms with Crippen LogP contribution in [0.4, 0.5) is 48.3 Å². The highest BCUT2D eigenvalue weighted by Gasteiger charge is 2.65. The average Bonchev–Trinajstić information content (AvgIpc) is 0.692. The molecule has 44 heteroatoms. The first-order chi connectivity index (χ1) is 66.5. The minimum absolute atomic E-state index is 0.0290. The Morgan fingerprint density at radius 3 is 0.972 bits per heavy atom. The fourth-order valence-corrected chi connectivity index (χ4v) is 31.3. The number of benzene rings is 8. The Labute approximate surface area is 830 Å². The molecule has 8 aliphatic heterocycles. The lowest BCUT2D eigenvalue weighted by atomic mass is 9.60. The third-order valence-electron chi connectivity index (χ3n) is 28.0. The molecule has 142 heavy (non-hydrogen) atoms. The maximum atomic E-state index is 15.3. The lowest BCUT2D eigenvalue weighted by Gasteiger charge is -2.51. The number of ether oxygens (including phenoxy) is 8. The van der Waals surface area contributed by atoms with Crippen LogP contribution < -0.4 is 18.9 Å². The van der Waals surface area contributed by atoms with E-state index in [1.165, 1.54) is 52.0 Å². The van der Waals surface area contributed by atoms with Gasteiger partial charge in [-0.3, -0.25) is 19.2 Å². The van der Waals surface area contributed by atoms with E-state index in [1.807, 2.05) is 24.3 Å². The van der Waals surface area contributed by atoms with Crippen LogP contribution in [0, 0.1) is 70.2 Å². The number of hydrogen-bond donors (Lipinski definition) is 0. The number of Topliss-reactive ketones (excluding diaryl/α,β-unsaturated/α-hetero) is 4. The summed E-state index contributed by atoms with van der Waals surface area (Å²) >= 11 is 18.0. The van der Waals surface area contributed by atoms with Crippen molar-refractivity contribution in [1.29, 1.82) is 0 Å². The van der Waals surface area contributed by atoms with E-state index in [0.29, 0.717) is 52.9 Å². The predicted octanol–water partition coefficient (Wildman–Crippen LogP) is 17.1. The maximum absolute atomic E-state index is 15.3. The number of fused-ring (bicyclic) bond motifs is 12. The zero-order valence-corrected chi connectivity index (χ0v) is 84.6. The summed E-state index contributed by atoms with van der Waals surface area (Å²) in [4.78, 5) is 45.1. The largest absolute Gasteiger partial charge is 0.490 e. The van der Waals surface area contributed by atoms with Crippen LogP contribution in [0.1, 0.15) is 138 Å². The number of hydrogen-bond acceptors (Lipinski definition) is 24. The van der Waals surface area contributed by atoms with Gasteiger partial charge < -0.3 is 37.9 Å².